The molecule has 0 aliphatic rings. The zero-order valence-corrected chi connectivity index (χ0v) is 20.3. The number of nitrogens with one attached hydrogen (secondary N) is 1. The van der Waals surface area contributed by atoms with Crippen molar-refractivity contribution in [2.75, 3.05) is 11.1 Å². The minimum atomic E-state index is -0.375. The van der Waals surface area contributed by atoms with E-state index < -0.39 is 0 Å². The Bertz CT molecular complexity index is 1110. The van der Waals surface area contributed by atoms with Crippen molar-refractivity contribution in [2.24, 2.45) is 0 Å². The van der Waals surface area contributed by atoms with Gasteiger partial charge in [-0.15, -0.1) is 16.8 Å². The summed E-state index contributed by atoms with van der Waals surface area (Å²) >= 11 is 13.5. The van der Waals surface area contributed by atoms with Crippen LogP contribution in [0.1, 0.15) is 30.0 Å². The Morgan fingerprint density at radius 2 is 2.03 bits per heavy atom. The molecule has 1 aromatic carbocycles. The van der Waals surface area contributed by atoms with Crippen LogP contribution < -0.4 is 10.1 Å². The number of aryl methyl sites for hydroxylation is 2. The predicted molar refractivity (Wildman–Crippen MR) is 129 cm³/mol. The number of benzene rings is 1. The normalized spacial score (nSPS) is 11.8. The van der Waals surface area contributed by atoms with E-state index in [1.807, 2.05) is 37.5 Å². The zero-order chi connectivity index (χ0) is 23.3. The first kappa shape index (κ1) is 24.1. The van der Waals surface area contributed by atoms with E-state index in [1.165, 1.54) is 11.8 Å². The van der Waals surface area contributed by atoms with Gasteiger partial charge in [0.15, 0.2) is 22.2 Å². The Labute approximate surface area is 201 Å². The number of nitrogens with zero attached hydrogens (tertiary/aromatic N) is 4. The second-order valence-corrected chi connectivity index (χ2v) is 8.73. The SMILES string of the molecule is C=CCn1c(SCC(=O)Nc2cccnc2Cl)nnc1C(C)Oc1cc(C)c(Cl)c(C)c1. The summed E-state index contributed by atoms with van der Waals surface area (Å²) in [6, 6.07) is 7.18. The van der Waals surface area contributed by atoms with Crippen molar-refractivity contribution in [3.05, 3.63) is 70.2 Å². The average molecular weight is 492 g/mol. The Hall–Kier alpha value is -2.55. The number of ether oxygens (including phenoxy) is 1. The fourth-order valence-electron chi connectivity index (χ4n) is 3.03. The van der Waals surface area contributed by atoms with Crippen LogP contribution in [-0.4, -0.2) is 31.4 Å². The van der Waals surface area contributed by atoms with Gasteiger partial charge in [0.25, 0.3) is 0 Å². The number of anilines is 1. The van der Waals surface area contributed by atoms with Crippen molar-refractivity contribution in [3.63, 3.8) is 0 Å². The van der Waals surface area contributed by atoms with Crippen LogP contribution in [0.2, 0.25) is 10.2 Å². The number of rotatable bonds is 9. The molecule has 168 valence electrons. The van der Waals surface area contributed by atoms with Crippen molar-refractivity contribution in [1.82, 2.24) is 19.7 Å². The number of hydrogen-bond acceptors (Lipinski definition) is 6. The lowest BCUT2D eigenvalue weighted by Crippen LogP contribution is -2.16. The van der Waals surface area contributed by atoms with Gasteiger partial charge < -0.3 is 10.1 Å². The van der Waals surface area contributed by atoms with E-state index in [0.717, 1.165) is 16.1 Å². The highest BCUT2D eigenvalue weighted by Crippen LogP contribution is 2.30. The molecule has 1 N–H and O–H groups in total. The first-order valence-corrected chi connectivity index (χ1v) is 11.5. The number of thioether (sulfide) groups is 1. The number of halogens is 2. The Balaban J connectivity index is 1.71. The standard InChI is InChI=1S/C22H23Cl2N5O2S/c1-5-9-29-21(15(4)31-16-10-13(2)19(23)14(3)11-16)27-28-22(29)32-12-18(30)26-17-7-6-8-25-20(17)24/h5-8,10-11,15H,1,9,12H2,2-4H3,(H,26,30). The smallest absolute Gasteiger partial charge is 0.234 e. The number of aromatic nitrogens is 4. The third kappa shape index (κ3) is 5.82. The summed E-state index contributed by atoms with van der Waals surface area (Å²) in [5.74, 6) is 1.24. The lowest BCUT2D eigenvalue weighted by atomic mass is 10.1. The largest absolute Gasteiger partial charge is 0.483 e. The summed E-state index contributed by atoms with van der Waals surface area (Å²) in [6.07, 6.45) is 2.93. The molecular formula is C22H23Cl2N5O2S. The van der Waals surface area contributed by atoms with Gasteiger partial charge in [0, 0.05) is 17.8 Å². The van der Waals surface area contributed by atoms with Gasteiger partial charge in [-0.25, -0.2) is 4.98 Å². The first-order chi connectivity index (χ1) is 15.3. The van der Waals surface area contributed by atoms with Gasteiger partial charge in [-0.2, -0.15) is 0 Å². The van der Waals surface area contributed by atoms with Crippen LogP contribution in [0.5, 0.6) is 5.75 Å². The van der Waals surface area contributed by atoms with Crippen LogP contribution in [0, 0.1) is 13.8 Å². The molecule has 0 radical (unpaired) electrons. The molecule has 10 heteroatoms. The molecule has 3 rings (SSSR count). The minimum absolute atomic E-state index is 0.130. The number of amides is 1. The van der Waals surface area contributed by atoms with Crippen LogP contribution in [0.15, 0.2) is 48.3 Å². The van der Waals surface area contributed by atoms with Crippen LogP contribution in [0.25, 0.3) is 0 Å². The maximum Gasteiger partial charge on any atom is 0.234 e. The van der Waals surface area contributed by atoms with Gasteiger partial charge in [-0.3, -0.25) is 9.36 Å². The molecule has 0 spiro atoms. The average Bonchev–Trinajstić information content (AvgIpc) is 3.15. The lowest BCUT2D eigenvalue weighted by molar-refractivity contribution is -0.113. The molecular weight excluding hydrogens is 469 g/mol. The molecule has 1 unspecified atom stereocenters. The van der Waals surface area contributed by atoms with Crippen molar-refractivity contribution < 1.29 is 9.53 Å². The molecule has 1 atom stereocenters. The van der Waals surface area contributed by atoms with Gasteiger partial charge in [-0.05, 0) is 56.2 Å². The Morgan fingerprint density at radius 1 is 1.31 bits per heavy atom. The predicted octanol–water partition coefficient (Wildman–Crippen LogP) is 5.65. The fourth-order valence-corrected chi connectivity index (χ4v) is 4.07. The quantitative estimate of drug-likeness (QED) is 0.236. The van der Waals surface area contributed by atoms with E-state index in [-0.39, 0.29) is 22.9 Å². The molecule has 0 saturated heterocycles. The van der Waals surface area contributed by atoms with Crippen LogP contribution >= 0.6 is 35.0 Å². The van der Waals surface area contributed by atoms with E-state index >= 15 is 0 Å². The summed E-state index contributed by atoms with van der Waals surface area (Å²) in [5, 5.41) is 12.8. The van der Waals surface area contributed by atoms with Gasteiger partial charge >= 0.3 is 0 Å². The lowest BCUT2D eigenvalue weighted by Gasteiger charge is -2.17. The second kappa shape index (κ2) is 10.8. The van der Waals surface area contributed by atoms with Crippen LogP contribution in [0.4, 0.5) is 5.69 Å². The molecule has 0 fully saturated rings. The summed E-state index contributed by atoms with van der Waals surface area (Å²) < 4.78 is 7.99. The summed E-state index contributed by atoms with van der Waals surface area (Å²) in [4.78, 5) is 16.3. The van der Waals surface area contributed by atoms with Crippen molar-refractivity contribution in [2.45, 2.75) is 38.6 Å². The molecule has 32 heavy (non-hydrogen) atoms. The highest BCUT2D eigenvalue weighted by molar-refractivity contribution is 7.99. The summed E-state index contributed by atoms with van der Waals surface area (Å²) in [7, 11) is 0. The number of pyridine rings is 1. The molecule has 7 nitrogen and oxygen atoms in total. The molecule has 0 bridgehead atoms. The Kier molecular flexibility index (Phi) is 8.17. The molecule has 2 heterocycles. The van der Waals surface area contributed by atoms with E-state index in [2.05, 4.69) is 27.1 Å². The summed E-state index contributed by atoms with van der Waals surface area (Å²) in [5.41, 5.74) is 2.35. The van der Waals surface area contributed by atoms with Crippen molar-refractivity contribution >= 4 is 46.6 Å². The Morgan fingerprint density at radius 3 is 2.69 bits per heavy atom. The highest BCUT2D eigenvalue weighted by Gasteiger charge is 2.20. The van der Waals surface area contributed by atoms with Gasteiger partial charge in [0.05, 0.1) is 11.4 Å². The van der Waals surface area contributed by atoms with Gasteiger partial charge in [-0.1, -0.05) is 41.0 Å². The number of hydrogen-bond donors (Lipinski definition) is 1. The molecule has 0 saturated carbocycles. The molecule has 0 aliphatic carbocycles. The fraction of sp³-hybridized carbons (Fsp3) is 0.273. The van der Waals surface area contributed by atoms with E-state index in [9.17, 15) is 4.79 Å². The van der Waals surface area contributed by atoms with Crippen LogP contribution in [-0.2, 0) is 11.3 Å². The number of carbonyl (C=O) groups is 1. The third-order valence-corrected chi connectivity index (χ3v) is 6.37. The van der Waals surface area contributed by atoms with Gasteiger partial charge in [0.1, 0.15) is 5.75 Å². The first-order valence-electron chi connectivity index (χ1n) is 9.80. The molecule has 0 aliphatic heterocycles. The topological polar surface area (TPSA) is 81.9 Å². The van der Waals surface area contributed by atoms with Crippen molar-refractivity contribution in [1.29, 1.82) is 0 Å². The van der Waals surface area contributed by atoms with Crippen molar-refractivity contribution in [3.8, 4) is 5.75 Å². The summed E-state index contributed by atoms with van der Waals surface area (Å²) in [6.45, 7) is 10.1. The highest BCUT2D eigenvalue weighted by atomic mass is 35.5. The van der Waals surface area contributed by atoms with Crippen LogP contribution in [0.3, 0.4) is 0 Å². The van der Waals surface area contributed by atoms with E-state index in [1.54, 1.807) is 24.4 Å². The number of carbonyl (C=O) groups excluding carboxylic acids is 1. The second-order valence-electron chi connectivity index (χ2n) is 7.05. The van der Waals surface area contributed by atoms with Gasteiger partial charge in [0.2, 0.25) is 5.91 Å². The minimum Gasteiger partial charge on any atom is -0.483 e. The van der Waals surface area contributed by atoms with E-state index in [4.69, 9.17) is 27.9 Å². The maximum atomic E-state index is 12.3. The number of allylic oxidation sites excluding steroid dienone is 1. The van der Waals surface area contributed by atoms with E-state index in [0.29, 0.717) is 29.0 Å². The monoisotopic (exact) mass is 491 g/mol. The third-order valence-electron chi connectivity index (χ3n) is 4.51. The molecule has 3 aromatic rings. The maximum absolute atomic E-state index is 12.3. The molecule has 2 aromatic heterocycles. The zero-order valence-electron chi connectivity index (χ0n) is 17.9. The molecule has 1 amide bonds.